The molecule has 0 fully saturated rings. The molecule has 0 spiro atoms. The van der Waals surface area contributed by atoms with Gasteiger partial charge in [-0.25, -0.2) is 4.39 Å². The number of hydrogen-bond donors (Lipinski definition) is 1. The highest BCUT2D eigenvalue weighted by Crippen LogP contribution is 2.22. The zero-order chi connectivity index (χ0) is 13.7. The van der Waals surface area contributed by atoms with Crippen molar-refractivity contribution in [2.45, 2.75) is 6.92 Å². The van der Waals surface area contributed by atoms with Gasteiger partial charge in [0, 0.05) is 13.6 Å². The summed E-state index contributed by atoms with van der Waals surface area (Å²) in [5.74, 6) is -0.569. The topological polar surface area (TPSA) is 55.6 Å². The number of carbonyl (C=O) groups excluding carboxylic acids is 1. The Morgan fingerprint density at radius 1 is 1.56 bits per heavy atom. The first-order chi connectivity index (χ1) is 8.51. The van der Waals surface area contributed by atoms with Crippen molar-refractivity contribution in [3.05, 3.63) is 29.6 Å². The van der Waals surface area contributed by atoms with E-state index in [9.17, 15) is 9.18 Å². The van der Waals surface area contributed by atoms with E-state index in [1.807, 2.05) is 6.92 Å². The van der Waals surface area contributed by atoms with Gasteiger partial charge in [-0.15, -0.1) is 0 Å². The summed E-state index contributed by atoms with van der Waals surface area (Å²) in [6.45, 7) is 2.89. The van der Waals surface area contributed by atoms with Gasteiger partial charge < -0.3 is 15.4 Å². The monoisotopic (exact) mass is 254 g/mol. The first-order valence-corrected chi connectivity index (χ1v) is 5.79. The van der Waals surface area contributed by atoms with E-state index >= 15 is 0 Å². The van der Waals surface area contributed by atoms with Gasteiger partial charge in [0.15, 0.2) is 0 Å². The van der Waals surface area contributed by atoms with E-state index in [4.69, 9.17) is 10.5 Å². The molecule has 4 nitrogen and oxygen atoms in total. The number of hydrogen-bond acceptors (Lipinski definition) is 3. The first-order valence-electron chi connectivity index (χ1n) is 5.79. The molecule has 1 atom stereocenters. The summed E-state index contributed by atoms with van der Waals surface area (Å²) in [4.78, 5) is 13.6. The second-order valence-electron chi connectivity index (χ2n) is 4.34. The van der Waals surface area contributed by atoms with Crippen LogP contribution in [0.4, 0.5) is 4.39 Å². The molecular weight excluding hydrogens is 235 g/mol. The molecule has 0 aliphatic heterocycles. The zero-order valence-corrected chi connectivity index (χ0v) is 10.9. The minimum atomic E-state index is -0.577. The van der Waals surface area contributed by atoms with Crippen molar-refractivity contribution in [1.29, 1.82) is 0 Å². The number of amides is 1. The fraction of sp³-hybridized carbons (Fsp3) is 0.462. The van der Waals surface area contributed by atoms with Gasteiger partial charge in [-0.2, -0.15) is 0 Å². The van der Waals surface area contributed by atoms with Crippen LogP contribution >= 0.6 is 0 Å². The molecule has 1 unspecified atom stereocenters. The number of nitrogens with zero attached hydrogens (tertiary/aromatic N) is 1. The smallest absolute Gasteiger partial charge is 0.260 e. The maximum Gasteiger partial charge on any atom is 0.260 e. The summed E-state index contributed by atoms with van der Waals surface area (Å²) in [6, 6.07) is 4.32. The van der Waals surface area contributed by atoms with Crippen LogP contribution in [0.5, 0.6) is 5.75 Å². The highest BCUT2D eigenvalue weighted by molar-refractivity contribution is 5.97. The number of halogens is 1. The van der Waals surface area contributed by atoms with Crippen molar-refractivity contribution in [3.63, 3.8) is 0 Å². The van der Waals surface area contributed by atoms with Crippen molar-refractivity contribution in [2.75, 3.05) is 27.2 Å². The van der Waals surface area contributed by atoms with Crippen molar-refractivity contribution in [3.8, 4) is 5.75 Å². The summed E-state index contributed by atoms with van der Waals surface area (Å²) in [7, 11) is 3.04. The van der Waals surface area contributed by atoms with Gasteiger partial charge in [0.1, 0.15) is 17.1 Å². The molecule has 0 aliphatic rings. The molecule has 0 aliphatic carbocycles. The van der Waals surface area contributed by atoms with E-state index in [1.54, 1.807) is 13.1 Å². The Labute approximate surface area is 107 Å². The minimum absolute atomic E-state index is 0.0354. The molecule has 2 N–H and O–H groups in total. The Hall–Kier alpha value is -1.62. The van der Waals surface area contributed by atoms with E-state index in [2.05, 4.69) is 0 Å². The summed E-state index contributed by atoms with van der Waals surface area (Å²) in [5.41, 5.74) is 5.47. The van der Waals surface area contributed by atoms with Crippen molar-refractivity contribution in [1.82, 2.24) is 4.90 Å². The second kappa shape index (κ2) is 6.35. The number of rotatable bonds is 5. The van der Waals surface area contributed by atoms with Gasteiger partial charge in [-0.3, -0.25) is 4.79 Å². The highest BCUT2D eigenvalue weighted by Gasteiger charge is 2.21. The van der Waals surface area contributed by atoms with Crippen molar-refractivity contribution >= 4 is 5.91 Å². The summed E-state index contributed by atoms with van der Waals surface area (Å²) >= 11 is 0. The number of nitrogens with two attached hydrogens (primary N) is 1. The molecule has 0 bridgehead atoms. The molecule has 0 radical (unpaired) electrons. The van der Waals surface area contributed by atoms with E-state index in [0.29, 0.717) is 13.1 Å². The van der Waals surface area contributed by atoms with Crippen LogP contribution in [0.1, 0.15) is 17.3 Å². The molecule has 1 aromatic carbocycles. The van der Waals surface area contributed by atoms with Gasteiger partial charge in [0.25, 0.3) is 5.91 Å². The van der Waals surface area contributed by atoms with Gasteiger partial charge in [0.2, 0.25) is 0 Å². The molecule has 1 amide bonds. The Bertz CT molecular complexity index is 423. The molecule has 1 aromatic rings. The normalized spacial score (nSPS) is 12.1. The maximum absolute atomic E-state index is 13.7. The fourth-order valence-corrected chi connectivity index (χ4v) is 1.70. The third-order valence-corrected chi connectivity index (χ3v) is 2.74. The Morgan fingerprint density at radius 2 is 2.22 bits per heavy atom. The van der Waals surface area contributed by atoms with E-state index in [0.717, 1.165) is 0 Å². The first kappa shape index (κ1) is 14.4. The molecule has 0 heterocycles. The third-order valence-electron chi connectivity index (χ3n) is 2.74. The predicted molar refractivity (Wildman–Crippen MR) is 68.1 cm³/mol. The second-order valence-corrected chi connectivity index (χ2v) is 4.34. The van der Waals surface area contributed by atoms with Crippen LogP contribution < -0.4 is 10.5 Å². The Morgan fingerprint density at radius 3 is 2.78 bits per heavy atom. The number of ether oxygens (including phenoxy) is 1. The summed E-state index contributed by atoms with van der Waals surface area (Å²) in [6.07, 6.45) is 0. The third kappa shape index (κ3) is 3.20. The average molecular weight is 254 g/mol. The minimum Gasteiger partial charge on any atom is -0.496 e. The molecule has 18 heavy (non-hydrogen) atoms. The number of methoxy groups -OCH3 is 1. The largest absolute Gasteiger partial charge is 0.496 e. The van der Waals surface area contributed by atoms with Gasteiger partial charge in [-0.1, -0.05) is 13.0 Å². The molecule has 100 valence electrons. The lowest BCUT2D eigenvalue weighted by atomic mass is 10.1. The number of benzene rings is 1. The van der Waals surface area contributed by atoms with Gasteiger partial charge >= 0.3 is 0 Å². The molecule has 0 saturated carbocycles. The van der Waals surface area contributed by atoms with Gasteiger partial charge in [0.05, 0.1) is 7.11 Å². The molecule has 0 saturated heterocycles. The van der Waals surface area contributed by atoms with Crippen LogP contribution in [0.2, 0.25) is 0 Å². The van der Waals surface area contributed by atoms with Crippen LogP contribution in [-0.4, -0.2) is 38.1 Å². The van der Waals surface area contributed by atoms with E-state index in [-0.39, 0.29) is 17.2 Å². The number of carbonyl (C=O) groups is 1. The Kier molecular flexibility index (Phi) is 5.09. The van der Waals surface area contributed by atoms with Crippen LogP contribution in [0.3, 0.4) is 0 Å². The molecule has 1 rings (SSSR count). The van der Waals surface area contributed by atoms with Gasteiger partial charge in [-0.05, 0) is 24.6 Å². The predicted octanol–water partition coefficient (Wildman–Crippen LogP) is 1.50. The summed E-state index contributed by atoms with van der Waals surface area (Å²) in [5, 5.41) is 0. The van der Waals surface area contributed by atoms with Crippen molar-refractivity contribution < 1.29 is 13.9 Å². The Balaban J connectivity index is 2.96. The quantitative estimate of drug-likeness (QED) is 0.866. The maximum atomic E-state index is 13.7. The van der Waals surface area contributed by atoms with Crippen LogP contribution in [0.15, 0.2) is 18.2 Å². The lowest BCUT2D eigenvalue weighted by molar-refractivity contribution is 0.0769. The highest BCUT2D eigenvalue weighted by atomic mass is 19.1. The van der Waals surface area contributed by atoms with E-state index in [1.165, 1.54) is 24.1 Å². The van der Waals surface area contributed by atoms with Crippen LogP contribution in [-0.2, 0) is 0 Å². The molecular formula is C13H19FN2O2. The average Bonchev–Trinajstić information content (AvgIpc) is 2.37. The SMILES string of the molecule is COc1cccc(F)c1C(=O)N(C)CC(C)CN. The van der Waals surface area contributed by atoms with E-state index < -0.39 is 11.7 Å². The van der Waals surface area contributed by atoms with Crippen molar-refractivity contribution in [2.24, 2.45) is 11.7 Å². The fourth-order valence-electron chi connectivity index (χ4n) is 1.70. The zero-order valence-electron chi connectivity index (χ0n) is 10.9. The lowest BCUT2D eigenvalue weighted by Gasteiger charge is -2.21. The lowest BCUT2D eigenvalue weighted by Crippen LogP contribution is -2.34. The standard InChI is InChI=1S/C13H19FN2O2/c1-9(7-15)8-16(2)13(17)12-10(14)5-4-6-11(12)18-3/h4-6,9H,7-8,15H2,1-3H3. The van der Waals surface area contributed by atoms with Crippen LogP contribution in [0.25, 0.3) is 0 Å². The molecule has 5 heteroatoms. The van der Waals surface area contributed by atoms with Crippen LogP contribution in [0, 0.1) is 11.7 Å². The molecule has 0 aromatic heterocycles. The summed E-state index contributed by atoms with van der Waals surface area (Å²) < 4.78 is 18.7.